The minimum absolute atomic E-state index is 0.270. The summed E-state index contributed by atoms with van der Waals surface area (Å²) < 4.78 is 5.57. The van der Waals surface area contributed by atoms with Crippen LogP contribution >= 0.6 is 23.2 Å². The first-order valence-electron chi connectivity index (χ1n) is 5.03. The summed E-state index contributed by atoms with van der Waals surface area (Å²) in [6.07, 6.45) is 0. The number of rotatable bonds is 2. The van der Waals surface area contributed by atoms with Gasteiger partial charge in [0.1, 0.15) is 23.1 Å². The Bertz CT molecular complexity index is 635. The molecule has 2 aromatic carbocycles. The lowest BCUT2D eigenvalue weighted by Gasteiger charge is -2.10. The predicted octanol–water partition coefficient (Wildman–Crippen LogP) is 4.24. The van der Waals surface area contributed by atoms with Gasteiger partial charge in [-0.2, -0.15) is 5.26 Å². The average molecular weight is 279 g/mol. The summed E-state index contributed by atoms with van der Waals surface area (Å²) in [5.41, 5.74) is 6.40. The second-order valence-corrected chi connectivity index (χ2v) is 4.33. The number of nitrogens with zero attached hydrogens (tertiary/aromatic N) is 1. The van der Waals surface area contributed by atoms with Crippen LogP contribution in [0.2, 0.25) is 10.0 Å². The van der Waals surface area contributed by atoms with Gasteiger partial charge >= 0.3 is 0 Å². The molecular formula is C13H8Cl2N2O. The van der Waals surface area contributed by atoms with E-state index in [4.69, 9.17) is 38.9 Å². The van der Waals surface area contributed by atoms with Crippen LogP contribution in [0, 0.1) is 11.3 Å². The Morgan fingerprint density at radius 3 is 2.50 bits per heavy atom. The second-order valence-electron chi connectivity index (χ2n) is 3.52. The molecule has 0 saturated heterocycles. The van der Waals surface area contributed by atoms with Gasteiger partial charge in [0.05, 0.1) is 10.0 Å². The van der Waals surface area contributed by atoms with E-state index in [0.717, 1.165) is 0 Å². The van der Waals surface area contributed by atoms with E-state index in [-0.39, 0.29) is 5.56 Å². The van der Waals surface area contributed by atoms with Crippen molar-refractivity contribution in [1.29, 1.82) is 5.26 Å². The van der Waals surface area contributed by atoms with Gasteiger partial charge in [0.15, 0.2) is 0 Å². The summed E-state index contributed by atoms with van der Waals surface area (Å²) in [6, 6.07) is 11.8. The van der Waals surface area contributed by atoms with Crippen LogP contribution in [0.4, 0.5) is 5.69 Å². The summed E-state index contributed by atoms with van der Waals surface area (Å²) >= 11 is 11.9. The minimum atomic E-state index is 0.270. The third-order valence-electron chi connectivity index (χ3n) is 2.26. The molecular weight excluding hydrogens is 271 g/mol. The molecule has 18 heavy (non-hydrogen) atoms. The number of nitrogens with two attached hydrogens (primary N) is 1. The molecule has 0 atom stereocenters. The van der Waals surface area contributed by atoms with Crippen molar-refractivity contribution in [3.05, 3.63) is 52.0 Å². The number of benzene rings is 2. The Kier molecular flexibility index (Phi) is 3.61. The lowest BCUT2D eigenvalue weighted by molar-refractivity contribution is 0.481. The standard InChI is InChI=1S/C13H8Cl2N2O/c14-10-2-1-3-12(9(10)7-16)18-13-5-4-8(17)6-11(13)15/h1-6H,17H2. The lowest BCUT2D eigenvalue weighted by atomic mass is 10.2. The van der Waals surface area contributed by atoms with Gasteiger partial charge in [0.25, 0.3) is 0 Å². The largest absolute Gasteiger partial charge is 0.454 e. The van der Waals surface area contributed by atoms with Gasteiger partial charge in [-0.05, 0) is 30.3 Å². The average Bonchev–Trinajstić information content (AvgIpc) is 2.33. The fourth-order valence-electron chi connectivity index (χ4n) is 1.42. The van der Waals surface area contributed by atoms with E-state index >= 15 is 0 Å². The lowest BCUT2D eigenvalue weighted by Crippen LogP contribution is -1.91. The van der Waals surface area contributed by atoms with Gasteiger partial charge in [0, 0.05) is 5.69 Å². The fourth-order valence-corrected chi connectivity index (χ4v) is 1.85. The highest BCUT2D eigenvalue weighted by Crippen LogP contribution is 2.34. The van der Waals surface area contributed by atoms with Crippen molar-refractivity contribution in [3.8, 4) is 17.6 Å². The third-order valence-corrected chi connectivity index (χ3v) is 2.87. The number of nitriles is 1. The Hall–Kier alpha value is -1.89. The quantitative estimate of drug-likeness (QED) is 0.836. The van der Waals surface area contributed by atoms with Crippen molar-refractivity contribution in [2.75, 3.05) is 5.73 Å². The molecule has 0 saturated carbocycles. The molecule has 3 nitrogen and oxygen atoms in total. The molecule has 0 heterocycles. The van der Waals surface area contributed by atoms with Gasteiger partial charge in [-0.1, -0.05) is 29.3 Å². The van der Waals surface area contributed by atoms with Gasteiger partial charge in [-0.15, -0.1) is 0 Å². The van der Waals surface area contributed by atoms with Gasteiger partial charge in [-0.25, -0.2) is 0 Å². The van der Waals surface area contributed by atoms with Crippen molar-refractivity contribution in [3.63, 3.8) is 0 Å². The molecule has 0 bridgehead atoms. The molecule has 0 aliphatic rings. The highest BCUT2D eigenvalue weighted by molar-refractivity contribution is 6.32. The number of hydrogen-bond donors (Lipinski definition) is 1. The third kappa shape index (κ3) is 2.51. The highest BCUT2D eigenvalue weighted by Gasteiger charge is 2.10. The number of ether oxygens (including phenoxy) is 1. The van der Waals surface area contributed by atoms with Crippen LogP contribution in [0.25, 0.3) is 0 Å². The van der Waals surface area contributed by atoms with E-state index < -0.39 is 0 Å². The van der Waals surface area contributed by atoms with Crippen LogP contribution in [0.5, 0.6) is 11.5 Å². The van der Waals surface area contributed by atoms with E-state index in [1.165, 1.54) is 0 Å². The van der Waals surface area contributed by atoms with E-state index in [1.54, 1.807) is 36.4 Å². The first-order chi connectivity index (χ1) is 8.61. The molecule has 0 radical (unpaired) electrons. The summed E-state index contributed by atoms with van der Waals surface area (Å²) in [6.45, 7) is 0. The molecule has 0 aliphatic carbocycles. The van der Waals surface area contributed by atoms with E-state index in [9.17, 15) is 0 Å². The molecule has 0 aromatic heterocycles. The predicted molar refractivity (Wildman–Crippen MR) is 72.1 cm³/mol. The van der Waals surface area contributed by atoms with E-state index in [1.807, 2.05) is 6.07 Å². The zero-order chi connectivity index (χ0) is 13.1. The topological polar surface area (TPSA) is 59.0 Å². The summed E-state index contributed by atoms with van der Waals surface area (Å²) in [4.78, 5) is 0. The summed E-state index contributed by atoms with van der Waals surface area (Å²) in [5, 5.41) is 9.73. The Balaban J connectivity index is 2.41. The maximum atomic E-state index is 9.02. The first-order valence-corrected chi connectivity index (χ1v) is 5.79. The van der Waals surface area contributed by atoms with E-state index in [0.29, 0.717) is 27.2 Å². The normalized spacial score (nSPS) is 9.83. The molecule has 0 unspecified atom stereocenters. The second kappa shape index (κ2) is 5.18. The van der Waals surface area contributed by atoms with Crippen LogP contribution in [-0.4, -0.2) is 0 Å². The number of nitrogen functional groups attached to an aromatic ring is 1. The van der Waals surface area contributed by atoms with E-state index in [2.05, 4.69) is 0 Å². The smallest absolute Gasteiger partial charge is 0.146 e. The van der Waals surface area contributed by atoms with Crippen LogP contribution in [0.15, 0.2) is 36.4 Å². The molecule has 0 fully saturated rings. The van der Waals surface area contributed by atoms with Crippen molar-refractivity contribution >= 4 is 28.9 Å². The van der Waals surface area contributed by atoms with Crippen molar-refractivity contribution in [2.45, 2.75) is 0 Å². The molecule has 5 heteroatoms. The molecule has 2 aromatic rings. The number of hydrogen-bond acceptors (Lipinski definition) is 3. The fraction of sp³-hybridized carbons (Fsp3) is 0. The summed E-state index contributed by atoms with van der Waals surface area (Å²) in [5.74, 6) is 0.779. The molecule has 0 spiro atoms. The van der Waals surface area contributed by atoms with Gasteiger partial charge in [0.2, 0.25) is 0 Å². The molecule has 90 valence electrons. The Morgan fingerprint density at radius 2 is 1.83 bits per heavy atom. The Labute approximate surface area is 114 Å². The minimum Gasteiger partial charge on any atom is -0.454 e. The zero-order valence-electron chi connectivity index (χ0n) is 9.15. The monoisotopic (exact) mass is 278 g/mol. The van der Waals surface area contributed by atoms with Gasteiger partial charge < -0.3 is 10.5 Å². The van der Waals surface area contributed by atoms with Crippen LogP contribution in [-0.2, 0) is 0 Å². The van der Waals surface area contributed by atoms with Crippen molar-refractivity contribution < 1.29 is 4.74 Å². The SMILES string of the molecule is N#Cc1c(Cl)cccc1Oc1ccc(N)cc1Cl. The molecule has 0 amide bonds. The van der Waals surface area contributed by atoms with Crippen LogP contribution in [0.3, 0.4) is 0 Å². The summed E-state index contributed by atoms with van der Waals surface area (Å²) in [7, 11) is 0. The van der Waals surface area contributed by atoms with Gasteiger partial charge in [-0.3, -0.25) is 0 Å². The van der Waals surface area contributed by atoms with Crippen molar-refractivity contribution in [2.24, 2.45) is 0 Å². The first kappa shape index (κ1) is 12.6. The molecule has 2 rings (SSSR count). The van der Waals surface area contributed by atoms with Crippen LogP contribution in [0.1, 0.15) is 5.56 Å². The van der Waals surface area contributed by atoms with Crippen LogP contribution < -0.4 is 10.5 Å². The van der Waals surface area contributed by atoms with Crippen molar-refractivity contribution in [1.82, 2.24) is 0 Å². The maximum Gasteiger partial charge on any atom is 0.146 e. The number of halogens is 2. The maximum absolute atomic E-state index is 9.02. The number of anilines is 1. The highest BCUT2D eigenvalue weighted by atomic mass is 35.5. The zero-order valence-corrected chi connectivity index (χ0v) is 10.7. The Morgan fingerprint density at radius 1 is 1.06 bits per heavy atom. The molecule has 0 aliphatic heterocycles. The molecule has 2 N–H and O–H groups in total.